The summed E-state index contributed by atoms with van der Waals surface area (Å²) < 4.78 is 31.7. The first kappa shape index (κ1) is 16.0. The van der Waals surface area contributed by atoms with E-state index in [4.69, 9.17) is 4.74 Å². The number of hydrogen-bond donors (Lipinski definition) is 0. The Morgan fingerprint density at radius 2 is 2.05 bits per heavy atom. The van der Waals surface area contributed by atoms with E-state index in [9.17, 15) is 13.2 Å². The van der Waals surface area contributed by atoms with Crippen molar-refractivity contribution in [2.45, 2.75) is 38.8 Å². The molecular formula is C12H21NO5S. The van der Waals surface area contributed by atoms with Gasteiger partial charge in [-0.2, -0.15) is 8.42 Å². The Balaban J connectivity index is 2.49. The van der Waals surface area contributed by atoms with Gasteiger partial charge in [0.2, 0.25) is 0 Å². The molecule has 19 heavy (non-hydrogen) atoms. The monoisotopic (exact) mass is 291 g/mol. The second-order valence-electron chi connectivity index (χ2n) is 5.44. The van der Waals surface area contributed by atoms with Crippen molar-refractivity contribution in [1.29, 1.82) is 0 Å². The summed E-state index contributed by atoms with van der Waals surface area (Å²) in [6.07, 6.45) is 4.73. The molecule has 1 atom stereocenters. The van der Waals surface area contributed by atoms with Crippen LogP contribution in [0.4, 0.5) is 4.79 Å². The molecule has 0 spiro atoms. The van der Waals surface area contributed by atoms with Crippen molar-refractivity contribution in [1.82, 2.24) is 4.90 Å². The summed E-state index contributed by atoms with van der Waals surface area (Å²) >= 11 is 0. The minimum Gasteiger partial charge on any atom is -0.444 e. The van der Waals surface area contributed by atoms with Crippen LogP contribution < -0.4 is 0 Å². The molecule has 0 aromatic rings. The van der Waals surface area contributed by atoms with E-state index < -0.39 is 21.8 Å². The Bertz CT molecular complexity index is 449. The quantitative estimate of drug-likeness (QED) is 0.580. The second-order valence-corrected chi connectivity index (χ2v) is 7.09. The molecule has 0 saturated carbocycles. The highest BCUT2D eigenvalue weighted by Crippen LogP contribution is 2.18. The molecule has 0 aromatic heterocycles. The van der Waals surface area contributed by atoms with Crippen molar-refractivity contribution in [3.05, 3.63) is 12.2 Å². The molecule has 0 bridgehead atoms. The topological polar surface area (TPSA) is 72.9 Å². The van der Waals surface area contributed by atoms with Crippen LogP contribution in [0, 0.1) is 0 Å². The molecule has 6 nitrogen and oxygen atoms in total. The largest absolute Gasteiger partial charge is 0.444 e. The number of nitrogens with zero attached hydrogens (tertiary/aromatic N) is 1. The van der Waals surface area contributed by atoms with E-state index >= 15 is 0 Å². The van der Waals surface area contributed by atoms with Crippen LogP contribution in [-0.2, 0) is 19.0 Å². The van der Waals surface area contributed by atoms with Gasteiger partial charge < -0.3 is 4.74 Å². The smallest absolute Gasteiger partial charge is 0.411 e. The van der Waals surface area contributed by atoms with Gasteiger partial charge >= 0.3 is 6.09 Å². The fourth-order valence-electron chi connectivity index (χ4n) is 1.67. The van der Waals surface area contributed by atoms with E-state index in [0.29, 0.717) is 13.0 Å². The maximum Gasteiger partial charge on any atom is 0.411 e. The molecule has 0 fully saturated rings. The van der Waals surface area contributed by atoms with E-state index in [-0.39, 0.29) is 12.6 Å². The molecule has 1 heterocycles. The summed E-state index contributed by atoms with van der Waals surface area (Å²) in [5.41, 5.74) is -0.548. The zero-order valence-corrected chi connectivity index (χ0v) is 12.6. The predicted octanol–water partition coefficient (Wildman–Crippen LogP) is 1.53. The highest BCUT2D eigenvalue weighted by molar-refractivity contribution is 7.85. The first-order valence-electron chi connectivity index (χ1n) is 6.09. The molecule has 0 saturated heterocycles. The highest BCUT2D eigenvalue weighted by atomic mass is 32.2. The van der Waals surface area contributed by atoms with Gasteiger partial charge in [0.15, 0.2) is 0 Å². The van der Waals surface area contributed by atoms with Gasteiger partial charge in [-0.25, -0.2) is 4.79 Å². The average Bonchev–Trinajstić information content (AvgIpc) is 2.61. The number of ether oxygens (including phenoxy) is 1. The van der Waals surface area contributed by atoms with Gasteiger partial charge in [-0.1, -0.05) is 12.2 Å². The zero-order valence-electron chi connectivity index (χ0n) is 11.8. The number of rotatable bonds is 4. The molecule has 0 N–H and O–H groups in total. The van der Waals surface area contributed by atoms with E-state index in [2.05, 4.69) is 4.18 Å². The number of hydrogen-bond acceptors (Lipinski definition) is 5. The van der Waals surface area contributed by atoms with Crippen molar-refractivity contribution in [2.24, 2.45) is 0 Å². The molecule has 1 amide bonds. The van der Waals surface area contributed by atoms with Gasteiger partial charge in [0.05, 0.1) is 18.9 Å². The second kappa shape index (κ2) is 5.92. The third-order valence-corrected chi connectivity index (χ3v) is 2.99. The number of carbonyl (C=O) groups excluding carboxylic acids is 1. The molecule has 110 valence electrons. The average molecular weight is 291 g/mol. The van der Waals surface area contributed by atoms with Crippen LogP contribution in [0.5, 0.6) is 0 Å². The van der Waals surface area contributed by atoms with Gasteiger partial charge in [-0.3, -0.25) is 9.08 Å². The maximum atomic E-state index is 11.9. The molecule has 1 aliphatic heterocycles. The fraction of sp³-hybridized carbons (Fsp3) is 0.750. The Kier molecular flexibility index (Phi) is 4.98. The summed E-state index contributed by atoms with van der Waals surface area (Å²) in [7, 11) is -3.44. The van der Waals surface area contributed by atoms with Crippen LogP contribution in [0.15, 0.2) is 12.2 Å². The van der Waals surface area contributed by atoms with Crippen molar-refractivity contribution in [2.75, 3.05) is 19.4 Å². The van der Waals surface area contributed by atoms with E-state index in [1.807, 2.05) is 12.2 Å². The van der Waals surface area contributed by atoms with E-state index in [1.165, 1.54) is 0 Å². The van der Waals surface area contributed by atoms with Gasteiger partial charge in [0.25, 0.3) is 10.1 Å². The van der Waals surface area contributed by atoms with Gasteiger partial charge in [-0.05, 0) is 27.2 Å². The molecule has 0 aromatic carbocycles. The van der Waals surface area contributed by atoms with E-state index in [0.717, 1.165) is 6.26 Å². The molecule has 0 aliphatic carbocycles. The minimum absolute atomic E-state index is 0.0487. The van der Waals surface area contributed by atoms with Crippen LogP contribution in [-0.4, -0.2) is 50.5 Å². The molecule has 1 rings (SSSR count). The zero-order chi connectivity index (χ0) is 14.7. The van der Waals surface area contributed by atoms with Crippen LogP contribution in [0.2, 0.25) is 0 Å². The van der Waals surface area contributed by atoms with Crippen LogP contribution >= 0.6 is 0 Å². The summed E-state index contributed by atoms with van der Waals surface area (Å²) in [5, 5.41) is 0. The van der Waals surface area contributed by atoms with Gasteiger partial charge in [0, 0.05) is 6.54 Å². The normalized spacial score (nSPS) is 19.8. The van der Waals surface area contributed by atoms with Crippen molar-refractivity contribution < 1.29 is 22.1 Å². The van der Waals surface area contributed by atoms with Crippen LogP contribution in [0.1, 0.15) is 27.2 Å². The number of amides is 1. The molecule has 7 heteroatoms. The molecular weight excluding hydrogens is 270 g/mol. The molecule has 0 radical (unpaired) electrons. The lowest BCUT2D eigenvalue weighted by Crippen LogP contribution is -2.40. The van der Waals surface area contributed by atoms with Crippen molar-refractivity contribution in [3.8, 4) is 0 Å². The Labute approximate surface area is 114 Å². The third-order valence-electron chi connectivity index (χ3n) is 2.40. The Morgan fingerprint density at radius 3 is 2.58 bits per heavy atom. The molecule has 0 unspecified atom stereocenters. The number of carbonyl (C=O) groups is 1. The predicted molar refractivity (Wildman–Crippen MR) is 71.3 cm³/mol. The first-order chi connectivity index (χ1) is 8.58. The van der Waals surface area contributed by atoms with Gasteiger partial charge in [0.1, 0.15) is 5.60 Å². The lowest BCUT2D eigenvalue weighted by atomic mass is 10.2. The lowest BCUT2D eigenvalue weighted by Gasteiger charge is -2.28. The van der Waals surface area contributed by atoms with Crippen molar-refractivity contribution >= 4 is 16.2 Å². The van der Waals surface area contributed by atoms with E-state index in [1.54, 1.807) is 25.7 Å². The van der Waals surface area contributed by atoms with Crippen molar-refractivity contribution in [3.63, 3.8) is 0 Å². The standard InChI is InChI=1S/C12H21NO5S/c1-12(2,3)18-11(14)13-8-5-6-10(13)7-9-17-19(4,15)16/h5-6,10H,7-9H2,1-4H3/t10-/m0/s1. The fourth-order valence-corrected chi connectivity index (χ4v) is 2.07. The Hall–Kier alpha value is -1.08. The summed E-state index contributed by atoms with van der Waals surface area (Å²) in [6, 6.07) is -0.184. The molecule has 1 aliphatic rings. The van der Waals surface area contributed by atoms with Gasteiger partial charge in [-0.15, -0.1) is 0 Å². The SMILES string of the molecule is CC(C)(C)OC(=O)N1CC=C[C@H]1CCOS(C)(=O)=O. The summed E-state index contributed by atoms with van der Waals surface area (Å²) in [4.78, 5) is 13.5. The first-order valence-corrected chi connectivity index (χ1v) is 7.91. The Morgan fingerprint density at radius 1 is 1.42 bits per heavy atom. The van der Waals surface area contributed by atoms with Crippen LogP contribution in [0.25, 0.3) is 0 Å². The van der Waals surface area contributed by atoms with Crippen LogP contribution in [0.3, 0.4) is 0 Å². The minimum atomic E-state index is -3.44. The maximum absolute atomic E-state index is 11.9. The highest BCUT2D eigenvalue weighted by Gasteiger charge is 2.29. The third kappa shape index (κ3) is 6.07. The lowest BCUT2D eigenvalue weighted by molar-refractivity contribution is 0.0230. The summed E-state index contributed by atoms with van der Waals surface area (Å²) in [6.45, 7) is 5.92. The summed E-state index contributed by atoms with van der Waals surface area (Å²) in [5.74, 6) is 0.